The lowest BCUT2D eigenvalue weighted by Crippen LogP contribution is -2.42. The van der Waals surface area contributed by atoms with Gasteiger partial charge in [-0.1, -0.05) is 41.4 Å². The maximum absolute atomic E-state index is 13.3. The van der Waals surface area contributed by atoms with Crippen molar-refractivity contribution in [1.82, 2.24) is 14.5 Å². The van der Waals surface area contributed by atoms with Gasteiger partial charge in [0.05, 0.1) is 38.8 Å². The Bertz CT molecular complexity index is 1660. The Morgan fingerprint density at radius 3 is 2.28 bits per heavy atom. The molecule has 0 fully saturated rings. The van der Waals surface area contributed by atoms with Gasteiger partial charge in [0.25, 0.3) is 11.5 Å². The zero-order valence-corrected chi connectivity index (χ0v) is 22.2. The smallest absolute Gasteiger partial charge is 0.335 e. The molecule has 3 aromatic carbocycles. The molecule has 1 aromatic heterocycles. The van der Waals surface area contributed by atoms with E-state index >= 15 is 0 Å². The monoisotopic (exact) mass is 570 g/mol. The van der Waals surface area contributed by atoms with Crippen LogP contribution in [-0.4, -0.2) is 50.4 Å². The molecule has 1 amide bonds. The molecule has 0 saturated heterocycles. The van der Waals surface area contributed by atoms with Gasteiger partial charge >= 0.3 is 11.7 Å². The van der Waals surface area contributed by atoms with E-state index in [1.165, 1.54) is 28.8 Å². The molecule has 0 bridgehead atoms. The van der Waals surface area contributed by atoms with Crippen LogP contribution in [0.5, 0.6) is 0 Å². The summed E-state index contributed by atoms with van der Waals surface area (Å²) >= 11 is 12.1. The van der Waals surface area contributed by atoms with E-state index in [1.54, 1.807) is 43.4 Å². The number of hydrogen-bond acceptors (Lipinski definition) is 6. The summed E-state index contributed by atoms with van der Waals surface area (Å²) in [5.41, 5.74) is 0.796. The van der Waals surface area contributed by atoms with Crippen molar-refractivity contribution in [2.24, 2.45) is 7.05 Å². The average Bonchev–Trinajstić information content (AvgIpc) is 2.91. The number of carbonyl (C=O) groups excluding carboxylic acids is 1. The number of halogens is 2. The van der Waals surface area contributed by atoms with Crippen LogP contribution < -0.4 is 21.9 Å². The zero-order valence-electron chi connectivity index (χ0n) is 20.6. The van der Waals surface area contributed by atoms with Crippen molar-refractivity contribution in [2.45, 2.75) is 12.5 Å². The summed E-state index contributed by atoms with van der Waals surface area (Å²) in [4.78, 5) is 50.9. The minimum Gasteiger partial charge on any atom is -0.480 e. The third kappa shape index (κ3) is 5.83. The van der Waals surface area contributed by atoms with Gasteiger partial charge in [-0.15, -0.1) is 0 Å². The first-order valence-electron chi connectivity index (χ1n) is 11.8. The molecule has 4 aromatic rings. The van der Waals surface area contributed by atoms with Crippen LogP contribution in [0.4, 0.5) is 5.69 Å². The van der Waals surface area contributed by atoms with E-state index in [0.29, 0.717) is 34.4 Å². The van der Waals surface area contributed by atoms with Crippen LogP contribution in [0.3, 0.4) is 0 Å². The average molecular weight is 571 g/mol. The lowest BCUT2D eigenvalue weighted by atomic mass is 10.0. The van der Waals surface area contributed by atoms with Crippen molar-refractivity contribution in [3.8, 4) is 5.69 Å². The third-order valence-electron chi connectivity index (χ3n) is 6.14. The predicted molar refractivity (Wildman–Crippen MR) is 149 cm³/mol. The molecule has 0 saturated carbocycles. The maximum atomic E-state index is 13.3. The minimum atomic E-state index is -1.29. The number of carboxylic acids is 1. The van der Waals surface area contributed by atoms with Crippen molar-refractivity contribution < 1.29 is 19.8 Å². The highest BCUT2D eigenvalue weighted by atomic mass is 35.5. The summed E-state index contributed by atoms with van der Waals surface area (Å²) in [7, 11) is 1.56. The molecule has 0 unspecified atom stereocenters. The molecule has 12 heteroatoms. The number of benzene rings is 3. The van der Waals surface area contributed by atoms with Gasteiger partial charge in [-0.2, -0.15) is 0 Å². The Balaban J connectivity index is 1.62. The van der Waals surface area contributed by atoms with Crippen molar-refractivity contribution in [2.75, 3.05) is 18.5 Å². The van der Waals surface area contributed by atoms with Gasteiger partial charge in [-0.3, -0.25) is 14.2 Å². The number of amides is 1. The van der Waals surface area contributed by atoms with Gasteiger partial charge in [0.1, 0.15) is 6.04 Å². The number of anilines is 1. The normalized spacial score (nSPS) is 11.8. The summed E-state index contributed by atoms with van der Waals surface area (Å²) in [6.07, 6.45) is -0.0755. The number of carboxylic acid groups (broad SMARTS) is 1. The van der Waals surface area contributed by atoms with E-state index < -0.39 is 29.2 Å². The number of hydrogen-bond donors (Lipinski definition) is 4. The summed E-state index contributed by atoms with van der Waals surface area (Å²) in [5.74, 6) is -1.99. The van der Waals surface area contributed by atoms with Crippen molar-refractivity contribution >= 4 is 51.7 Å². The Hall–Kier alpha value is -4.12. The van der Waals surface area contributed by atoms with Crippen LogP contribution in [0.25, 0.3) is 16.6 Å². The highest BCUT2D eigenvalue weighted by Gasteiger charge is 2.24. The summed E-state index contributed by atoms with van der Waals surface area (Å²) in [6, 6.07) is 14.4. The lowest BCUT2D eigenvalue weighted by molar-refractivity contribution is -0.139. The fourth-order valence-electron chi connectivity index (χ4n) is 4.16. The van der Waals surface area contributed by atoms with Crippen molar-refractivity contribution in [3.05, 3.63) is 103 Å². The first-order chi connectivity index (χ1) is 18.6. The maximum Gasteiger partial charge on any atom is 0.335 e. The van der Waals surface area contributed by atoms with Crippen LogP contribution in [0.15, 0.2) is 70.3 Å². The van der Waals surface area contributed by atoms with Gasteiger partial charge < -0.3 is 20.8 Å². The van der Waals surface area contributed by atoms with Gasteiger partial charge in [-0.25, -0.2) is 14.2 Å². The summed E-state index contributed by atoms with van der Waals surface area (Å²) < 4.78 is 2.38. The molecule has 0 radical (unpaired) electrons. The van der Waals surface area contributed by atoms with Crippen LogP contribution in [0.2, 0.25) is 10.0 Å². The Morgan fingerprint density at radius 2 is 1.67 bits per heavy atom. The topological polar surface area (TPSA) is 143 Å². The molecule has 1 atom stereocenters. The quantitative estimate of drug-likeness (QED) is 0.242. The zero-order chi connectivity index (χ0) is 28.3. The fraction of sp³-hybridized carbons (Fsp3) is 0.185. The number of aromatic nitrogens is 2. The Kier molecular flexibility index (Phi) is 8.39. The minimum absolute atomic E-state index is 0.0244. The van der Waals surface area contributed by atoms with Crippen molar-refractivity contribution in [3.63, 3.8) is 0 Å². The van der Waals surface area contributed by atoms with Gasteiger partial charge in [0, 0.05) is 25.7 Å². The molecule has 4 rings (SSSR count). The second-order valence-electron chi connectivity index (χ2n) is 8.70. The van der Waals surface area contributed by atoms with Crippen LogP contribution in [0.1, 0.15) is 15.9 Å². The standard InChI is InChI=1S/C27H24Cl2N4O6/c1-32-22-10-7-16(30-11-12-34)14-18(22)25(36)33(27(32)39)17-8-5-15(6-9-17)13-21(26(37)38)31-24(35)23-19(28)3-2-4-20(23)29/h2-10,14,21,30,34H,11-13H2,1H3,(H,31,35)(H,37,38)/t21-/m0/s1. The highest BCUT2D eigenvalue weighted by Crippen LogP contribution is 2.24. The number of nitrogens with zero attached hydrogens (tertiary/aromatic N) is 2. The molecule has 4 N–H and O–H groups in total. The van der Waals surface area contributed by atoms with E-state index in [4.69, 9.17) is 28.3 Å². The lowest BCUT2D eigenvalue weighted by Gasteiger charge is -2.16. The molecule has 39 heavy (non-hydrogen) atoms. The molecule has 10 nitrogen and oxygen atoms in total. The molecular weight excluding hydrogens is 547 g/mol. The molecule has 0 aliphatic heterocycles. The Labute approximate surface area is 232 Å². The predicted octanol–water partition coefficient (Wildman–Crippen LogP) is 2.83. The third-order valence-corrected chi connectivity index (χ3v) is 6.77. The number of nitrogens with one attached hydrogen (secondary N) is 2. The van der Waals surface area contributed by atoms with Gasteiger partial charge in [-0.05, 0) is 48.0 Å². The second-order valence-corrected chi connectivity index (χ2v) is 9.51. The number of fused-ring (bicyclic) bond motifs is 1. The number of aliphatic carboxylic acids is 1. The van der Waals surface area contributed by atoms with Crippen LogP contribution in [-0.2, 0) is 18.3 Å². The Morgan fingerprint density at radius 1 is 1.00 bits per heavy atom. The number of aryl methyl sites for hydroxylation is 1. The fourth-order valence-corrected chi connectivity index (χ4v) is 4.73. The van der Waals surface area contributed by atoms with Crippen LogP contribution in [0, 0.1) is 0 Å². The van der Waals surface area contributed by atoms with E-state index in [2.05, 4.69) is 10.6 Å². The molecule has 202 valence electrons. The van der Waals surface area contributed by atoms with E-state index in [0.717, 1.165) is 4.57 Å². The van der Waals surface area contributed by atoms with Crippen LogP contribution >= 0.6 is 23.2 Å². The highest BCUT2D eigenvalue weighted by molar-refractivity contribution is 6.39. The number of aliphatic hydroxyl groups excluding tert-OH is 1. The number of carbonyl (C=O) groups is 2. The van der Waals surface area contributed by atoms with E-state index in [9.17, 15) is 24.3 Å². The number of aliphatic hydroxyl groups is 1. The number of rotatable bonds is 9. The van der Waals surface area contributed by atoms with E-state index in [-0.39, 0.29) is 28.6 Å². The van der Waals surface area contributed by atoms with Crippen molar-refractivity contribution in [1.29, 1.82) is 0 Å². The molecule has 0 spiro atoms. The summed E-state index contributed by atoms with van der Waals surface area (Å²) in [6.45, 7) is 0.220. The first-order valence-corrected chi connectivity index (χ1v) is 12.6. The SMILES string of the molecule is Cn1c(=O)n(-c2ccc(C[C@H](NC(=O)c3c(Cl)cccc3Cl)C(=O)O)cc2)c(=O)c2cc(NCCO)ccc21. The first kappa shape index (κ1) is 27.9. The second kappa shape index (κ2) is 11.7. The van der Waals surface area contributed by atoms with Gasteiger partial charge in [0.15, 0.2) is 0 Å². The molecule has 0 aliphatic rings. The molecule has 1 heterocycles. The van der Waals surface area contributed by atoms with E-state index in [1.807, 2.05) is 0 Å². The molecule has 0 aliphatic carbocycles. The summed E-state index contributed by atoms with van der Waals surface area (Å²) in [5, 5.41) is 24.7. The largest absolute Gasteiger partial charge is 0.480 e. The van der Waals surface area contributed by atoms with Gasteiger partial charge in [0.2, 0.25) is 0 Å². The molecular formula is C27H24Cl2N4O6.